The fourth-order valence-corrected chi connectivity index (χ4v) is 5.42. The molecule has 0 aliphatic carbocycles. The fraction of sp³-hybridized carbons (Fsp3) is 0.219. The number of hydrogen-bond acceptors (Lipinski definition) is 6. The number of allylic oxidation sites excluding steroid dienone is 2. The van der Waals surface area contributed by atoms with Gasteiger partial charge in [0.05, 0.1) is 41.3 Å². The monoisotopic (exact) mass is 538 g/mol. The lowest BCUT2D eigenvalue weighted by atomic mass is 9.63. The summed E-state index contributed by atoms with van der Waals surface area (Å²) in [5.74, 6) is -1.27. The van der Waals surface area contributed by atoms with Gasteiger partial charge in [0, 0.05) is 11.4 Å². The minimum atomic E-state index is -1.59. The van der Waals surface area contributed by atoms with E-state index >= 15 is 0 Å². The first-order chi connectivity index (χ1) is 19.3. The minimum Gasteiger partial charge on any atom is -0.494 e. The van der Waals surface area contributed by atoms with Gasteiger partial charge >= 0.3 is 11.9 Å². The number of nitrogens with zero attached hydrogens (tertiary/aromatic N) is 2. The summed E-state index contributed by atoms with van der Waals surface area (Å²) in [4.78, 5) is 27.7. The quantitative estimate of drug-likeness (QED) is 0.334. The Balaban J connectivity index is 1.83. The van der Waals surface area contributed by atoms with Crippen LogP contribution in [0, 0.1) is 11.3 Å². The molecule has 0 aromatic heterocycles. The predicted octanol–water partition coefficient (Wildman–Crippen LogP) is 5.38. The van der Waals surface area contributed by atoms with Crippen LogP contribution in [-0.2, 0) is 15.0 Å². The minimum absolute atomic E-state index is 0.0169. The molecule has 0 saturated heterocycles. The second-order valence-corrected chi connectivity index (χ2v) is 9.35. The number of nitriles is 1. The van der Waals surface area contributed by atoms with E-state index in [1.54, 1.807) is 55.1 Å². The van der Waals surface area contributed by atoms with Crippen LogP contribution < -0.4 is 9.47 Å². The average Bonchev–Trinajstić information content (AvgIpc) is 2.95. The summed E-state index contributed by atoms with van der Waals surface area (Å²) in [6.07, 6.45) is 0.0169. The van der Waals surface area contributed by atoms with E-state index in [2.05, 4.69) is 6.07 Å². The van der Waals surface area contributed by atoms with E-state index in [0.29, 0.717) is 34.0 Å². The van der Waals surface area contributed by atoms with Gasteiger partial charge in [0.2, 0.25) is 0 Å². The summed E-state index contributed by atoms with van der Waals surface area (Å²) in [7, 11) is 0. The van der Waals surface area contributed by atoms with Gasteiger partial charge in [-0.15, -0.1) is 0 Å². The smallest absolute Gasteiger partial charge is 0.334 e. The summed E-state index contributed by atoms with van der Waals surface area (Å²) in [6.45, 7) is 3.82. The van der Waals surface area contributed by atoms with Gasteiger partial charge < -0.3 is 24.6 Å². The van der Waals surface area contributed by atoms with Crippen LogP contribution in [0.25, 0.3) is 0 Å². The lowest BCUT2D eigenvalue weighted by Gasteiger charge is -2.45. The maximum absolute atomic E-state index is 13.0. The highest BCUT2D eigenvalue weighted by Gasteiger charge is 2.52. The van der Waals surface area contributed by atoms with Crippen LogP contribution >= 0.6 is 0 Å². The van der Waals surface area contributed by atoms with Gasteiger partial charge in [0.1, 0.15) is 18.1 Å². The first-order valence-corrected chi connectivity index (χ1v) is 12.8. The van der Waals surface area contributed by atoms with E-state index in [0.717, 1.165) is 0 Å². The Kier molecular flexibility index (Phi) is 8.55. The number of ether oxygens (including phenoxy) is 2. The molecule has 0 amide bonds. The van der Waals surface area contributed by atoms with Crippen LogP contribution in [-0.4, -0.2) is 46.8 Å². The van der Waals surface area contributed by atoms with Crippen LogP contribution in [0.4, 0.5) is 0 Å². The van der Waals surface area contributed by atoms with Crippen molar-refractivity contribution in [3.8, 4) is 17.6 Å². The second-order valence-electron chi connectivity index (χ2n) is 9.35. The van der Waals surface area contributed by atoms with Crippen molar-refractivity contribution in [3.63, 3.8) is 0 Å². The molecule has 3 aromatic rings. The Hall–Kier alpha value is -5.03. The highest BCUT2D eigenvalue weighted by atomic mass is 16.5. The van der Waals surface area contributed by atoms with Crippen molar-refractivity contribution < 1.29 is 29.3 Å². The zero-order chi connectivity index (χ0) is 28.7. The van der Waals surface area contributed by atoms with Crippen LogP contribution in [0.1, 0.15) is 31.4 Å². The maximum atomic E-state index is 13.0. The average molecular weight is 539 g/mol. The Labute approximate surface area is 233 Å². The van der Waals surface area contributed by atoms with Gasteiger partial charge in [0.25, 0.3) is 0 Å². The van der Waals surface area contributed by atoms with Crippen molar-refractivity contribution in [1.82, 2.24) is 4.90 Å². The number of hydrogen-bond donors (Lipinski definition) is 2. The number of para-hydroxylation sites is 2. The Morgan fingerprint density at radius 1 is 0.800 bits per heavy atom. The molecule has 2 N–H and O–H groups in total. The lowest BCUT2D eigenvalue weighted by Crippen LogP contribution is -2.47. The van der Waals surface area contributed by atoms with Crippen LogP contribution in [0.15, 0.2) is 107 Å². The summed E-state index contributed by atoms with van der Waals surface area (Å²) in [6, 6.07) is 26.8. The van der Waals surface area contributed by atoms with E-state index in [9.17, 15) is 25.1 Å². The molecular formula is C32H30N2O6. The van der Waals surface area contributed by atoms with Crippen molar-refractivity contribution >= 4 is 11.9 Å². The molecule has 0 bridgehead atoms. The third-order valence-electron chi connectivity index (χ3n) is 7.11. The number of benzene rings is 3. The molecule has 0 radical (unpaired) electrons. The van der Waals surface area contributed by atoms with Gasteiger partial charge in [0.15, 0.2) is 0 Å². The maximum Gasteiger partial charge on any atom is 0.334 e. The zero-order valence-electron chi connectivity index (χ0n) is 22.3. The Morgan fingerprint density at radius 2 is 1.32 bits per heavy atom. The number of rotatable bonds is 11. The molecule has 8 heteroatoms. The van der Waals surface area contributed by atoms with E-state index in [1.165, 1.54) is 0 Å². The highest BCUT2D eigenvalue weighted by Crippen LogP contribution is 2.49. The lowest BCUT2D eigenvalue weighted by molar-refractivity contribution is -0.134. The molecule has 1 heterocycles. The molecule has 0 spiro atoms. The highest BCUT2D eigenvalue weighted by molar-refractivity contribution is 6.00. The normalized spacial score (nSPS) is 14.5. The summed E-state index contributed by atoms with van der Waals surface area (Å²) < 4.78 is 11.8. The number of carbonyl (C=O) groups is 2. The first kappa shape index (κ1) is 28.0. The molecule has 1 aliphatic heterocycles. The van der Waals surface area contributed by atoms with Crippen molar-refractivity contribution in [2.45, 2.75) is 25.7 Å². The van der Waals surface area contributed by atoms with Crippen LogP contribution in [0.2, 0.25) is 0 Å². The van der Waals surface area contributed by atoms with Gasteiger partial charge in [-0.05, 0) is 62.2 Å². The summed E-state index contributed by atoms with van der Waals surface area (Å²) >= 11 is 0. The number of carboxylic acids is 2. The van der Waals surface area contributed by atoms with Gasteiger partial charge in [-0.3, -0.25) is 0 Å². The Morgan fingerprint density at radius 3 is 1.82 bits per heavy atom. The number of carboxylic acid groups (broad SMARTS) is 2. The van der Waals surface area contributed by atoms with Crippen LogP contribution in [0.5, 0.6) is 11.5 Å². The van der Waals surface area contributed by atoms with E-state index in [4.69, 9.17) is 9.47 Å². The zero-order valence-corrected chi connectivity index (χ0v) is 22.3. The standard InChI is InChI=1S/C32H30N2O6/c1-22-28(30(35)36)32(25-11-9-10-24(20-25)21-33,16-18-39-26-12-5-3-6-13-26)29(31(37)38)23(2)34(22)17-19-40-27-14-7-4-8-15-27/h3-15,20H,16-19H2,1-2H3,(H,35,36)(H,37,38). The topological polar surface area (TPSA) is 120 Å². The molecule has 40 heavy (non-hydrogen) atoms. The third kappa shape index (κ3) is 5.54. The van der Waals surface area contributed by atoms with E-state index < -0.39 is 17.4 Å². The van der Waals surface area contributed by atoms with Crippen molar-refractivity contribution in [3.05, 3.63) is 119 Å². The van der Waals surface area contributed by atoms with E-state index in [-0.39, 0.29) is 37.3 Å². The largest absolute Gasteiger partial charge is 0.494 e. The molecule has 0 atom stereocenters. The fourth-order valence-electron chi connectivity index (χ4n) is 5.42. The molecule has 4 rings (SSSR count). The van der Waals surface area contributed by atoms with Gasteiger partial charge in [-0.2, -0.15) is 5.26 Å². The molecule has 8 nitrogen and oxygen atoms in total. The molecule has 0 fully saturated rings. The SMILES string of the molecule is CC1=C(C(=O)O)C(CCOc2ccccc2)(c2cccc(C#N)c2)C(C(=O)O)=C(C)N1CCOc1ccccc1. The summed E-state index contributed by atoms with van der Waals surface area (Å²) in [5, 5.41) is 30.8. The molecule has 1 aliphatic rings. The third-order valence-corrected chi connectivity index (χ3v) is 7.11. The molecule has 0 unspecified atom stereocenters. The molecule has 204 valence electrons. The van der Waals surface area contributed by atoms with Crippen molar-refractivity contribution in [1.29, 1.82) is 5.26 Å². The molecule has 3 aromatic carbocycles. The van der Waals surface area contributed by atoms with Crippen molar-refractivity contribution in [2.24, 2.45) is 0 Å². The van der Waals surface area contributed by atoms with Crippen LogP contribution in [0.3, 0.4) is 0 Å². The molecule has 0 saturated carbocycles. The second kappa shape index (κ2) is 12.2. The molecular weight excluding hydrogens is 508 g/mol. The predicted molar refractivity (Wildman–Crippen MR) is 149 cm³/mol. The number of aliphatic carboxylic acids is 2. The van der Waals surface area contributed by atoms with Gasteiger partial charge in [-0.1, -0.05) is 48.5 Å². The summed E-state index contributed by atoms with van der Waals surface area (Å²) in [5.41, 5.74) is -0.266. The van der Waals surface area contributed by atoms with Crippen molar-refractivity contribution in [2.75, 3.05) is 19.8 Å². The van der Waals surface area contributed by atoms with E-state index in [1.807, 2.05) is 48.5 Å². The Bertz CT molecular complexity index is 1450. The first-order valence-electron chi connectivity index (χ1n) is 12.8. The van der Waals surface area contributed by atoms with Gasteiger partial charge in [-0.25, -0.2) is 9.59 Å².